The minimum absolute atomic E-state index is 0.122. The fraction of sp³-hybridized carbons (Fsp3) is 0.692. The normalized spacial score (nSPS) is 12.0. The monoisotopic (exact) mass is 242 g/mol. The van der Waals surface area contributed by atoms with Crippen LogP contribution in [0.1, 0.15) is 33.6 Å². The smallest absolute Gasteiger partial charge is 0.320 e. The first-order valence-corrected chi connectivity index (χ1v) is 5.97. The summed E-state index contributed by atoms with van der Waals surface area (Å²) in [7, 11) is 0. The molecule has 1 unspecified atom stereocenters. The van der Waals surface area contributed by atoms with E-state index in [0.717, 1.165) is 6.42 Å². The second-order valence-corrected chi connectivity index (χ2v) is 4.28. The van der Waals surface area contributed by atoms with Crippen molar-refractivity contribution in [1.82, 2.24) is 0 Å². The van der Waals surface area contributed by atoms with E-state index in [4.69, 9.17) is 9.47 Å². The predicted molar refractivity (Wildman–Crippen MR) is 65.4 cm³/mol. The molecule has 4 nitrogen and oxygen atoms in total. The van der Waals surface area contributed by atoms with Crippen LogP contribution in [0, 0.1) is 11.8 Å². The standard InChI is InChI=1S/C13H22O4/c1-5-7-11(12(14)16-8-6-2)13(15)17-9-10(3)4/h6,10-11H,2,5,7-9H2,1,3-4H3. The molecule has 0 radical (unpaired) electrons. The summed E-state index contributed by atoms with van der Waals surface area (Å²) in [6.45, 7) is 9.69. The molecule has 0 spiro atoms. The molecule has 0 aromatic heterocycles. The fourth-order valence-corrected chi connectivity index (χ4v) is 1.21. The molecule has 0 aromatic rings. The lowest BCUT2D eigenvalue weighted by molar-refractivity contribution is -0.162. The predicted octanol–water partition coefficient (Wildman–Crippen LogP) is 2.33. The van der Waals surface area contributed by atoms with Crippen LogP contribution < -0.4 is 0 Å². The number of esters is 2. The third-order valence-corrected chi connectivity index (χ3v) is 2.05. The Morgan fingerprint density at radius 3 is 2.29 bits per heavy atom. The van der Waals surface area contributed by atoms with Crippen LogP contribution in [0.25, 0.3) is 0 Å². The minimum Gasteiger partial charge on any atom is -0.465 e. The molecular weight excluding hydrogens is 220 g/mol. The van der Waals surface area contributed by atoms with E-state index >= 15 is 0 Å². The van der Waals surface area contributed by atoms with Crippen LogP contribution in [-0.4, -0.2) is 25.2 Å². The second kappa shape index (κ2) is 8.79. The van der Waals surface area contributed by atoms with Crippen LogP contribution in [0.3, 0.4) is 0 Å². The van der Waals surface area contributed by atoms with Crippen molar-refractivity contribution in [2.75, 3.05) is 13.2 Å². The molecule has 0 aromatic carbocycles. The van der Waals surface area contributed by atoms with Crippen molar-refractivity contribution in [3.63, 3.8) is 0 Å². The molecule has 98 valence electrons. The van der Waals surface area contributed by atoms with Gasteiger partial charge in [0.1, 0.15) is 6.61 Å². The second-order valence-electron chi connectivity index (χ2n) is 4.28. The average molecular weight is 242 g/mol. The molecule has 0 bridgehead atoms. The molecule has 4 heteroatoms. The Hall–Kier alpha value is -1.32. The van der Waals surface area contributed by atoms with E-state index in [2.05, 4.69) is 6.58 Å². The zero-order valence-electron chi connectivity index (χ0n) is 10.9. The van der Waals surface area contributed by atoms with Crippen molar-refractivity contribution < 1.29 is 19.1 Å². The Morgan fingerprint density at radius 2 is 1.82 bits per heavy atom. The van der Waals surface area contributed by atoms with Crippen LogP contribution in [0.4, 0.5) is 0 Å². The SMILES string of the molecule is C=CCOC(=O)C(CCC)C(=O)OCC(C)C. The Bertz CT molecular complexity index is 258. The van der Waals surface area contributed by atoms with Gasteiger partial charge < -0.3 is 9.47 Å². The third kappa shape index (κ3) is 6.76. The van der Waals surface area contributed by atoms with Crippen LogP contribution >= 0.6 is 0 Å². The van der Waals surface area contributed by atoms with E-state index in [1.165, 1.54) is 6.08 Å². The first-order valence-electron chi connectivity index (χ1n) is 5.97. The van der Waals surface area contributed by atoms with Gasteiger partial charge in [0.2, 0.25) is 0 Å². The van der Waals surface area contributed by atoms with E-state index in [0.29, 0.717) is 13.0 Å². The molecule has 0 aliphatic carbocycles. The molecule has 0 heterocycles. The molecule has 0 rings (SSSR count). The molecule has 0 N–H and O–H groups in total. The van der Waals surface area contributed by atoms with E-state index < -0.39 is 17.9 Å². The van der Waals surface area contributed by atoms with Gasteiger partial charge in [0.05, 0.1) is 6.61 Å². The first kappa shape index (κ1) is 15.7. The van der Waals surface area contributed by atoms with E-state index in [-0.39, 0.29) is 12.5 Å². The van der Waals surface area contributed by atoms with E-state index in [1.54, 1.807) is 0 Å². The summed E-state index contributed by atoms with van der Waals surface area (Å²) in [6.07, 6.45) is 2.65. The maximum Gasteiger partial charge on any atom is 0.320 e. The van der Waals surface area contributed by atoms with Crippen LogP contribution in [-0.2, 0) is 19.1 Å². The first-order chi connectivity index (χ1) is 8.02. The Labute approximate surface area is 103 Å². The largest absolute Gasteiger partial charge is 0.465 e. The minimum atomic E-state index is -0.807. The highest BCUT2D eigenvalue weighted by atomic mass is 16.6. The van der Waals surface area contributed by atoms with Crippen LogP contribution in [0.5, 0.6) is 0 Å². The number of ether oxygens (including phenoxy) is 2. The van der Waals surface area contributed by atoms with Gasteiger partial charge in [-0.3, -0.25) is 9.59 Å². The summed E-state index contributed by atoms with van der Waals surface area (Å²) in [5.41, 5.74) is 0. The molecule has 0 fully saturated rings. The number of hydrogen-bond acceptors (Lipinski definition) is 4. The zero-order valence-corrected chi connectivity index (χ0v) is 10.9. The Kier molecular flexibility index (Phi) is 8.11. The highest BCUT2D eigenvalue weighted by Gasteiger charge is 2.28. The lowest BCUT2D eigenvalue weighted by atomic mass is 10.0. The quantitative estimate of drug-likeness (QED) is 0.372. The van der Waals surface area contributed by atoms with Gasteiger partial charge >= 0.3 is 11.9 Å². The molecule has 0 aliphatic heterocycles. The van der Waals surface area contributed by atoms with Gasteiger partial charge in [-0.05, 0) is 12.3 Å². The van der Waals surface area contributed by atoms with Crippen molar-refractivity contribution in [3.8, 4) is 0 Å². The maximum absolute atomic E-state index is 11.7. The fourth-order valence-electron chi connectivity index (χ4n) is 1.21. The maximum atomic E-state index is 11.7. The molecular formula is C13H22O4. The topological polar surface area (TPSA) is 52.6 Å². The van der Waals surface area contributed by atoms with Crippen molar-refractivity contribution in [1.29, 1.82) is 0 Å². The van der Waals surface area contributed by atoms with Gasteiger partial charge in [0, 0.05) is 0 Å². The van der Waals surface area contributed by atoms with Crippen molar-refractivity contribution in [3.05, 3.63) is 12.7 Å². The number of rotatable bonds is 8. The third-order valence-electron chi connectivity index (χ3n) is 2.05. The van der Waals surface area contributed by atoms with E-state index in [1.807, 2.05) is 20.8 Å². The van der Waals surface area contributed by atoms with Gasteiger partial charge in [-0.15, -0.1) is 0 Å². The molecule has 1 atom stereocenters. The molecule has 0 saturated carbocycles. The summed E-state index contributed by atoms with van der Waals surface area (Å²) < 4.78 is 9.93. The molecule has 0 aliphatic rings. The lowest BCUT2D eigenvalue weighted by Crippen LogP contribution is -2.29. The van der Waals surface area contributed by atoms with Gasteiger partial charge in [0.25, 0.3) is 0 Å². The van der Waals surface area contributed by atoms with Crippen molar-refractivity contribution in [2.24, 2.45) is 11.8 Å². The van der Waals surface area contributed by atoms with Gasteiger partial charge in [-0.2, -0.15) is 0 Å². The highest BCUT2D eigenvalue weighted by Crippen LogP contribution is 2.12. The summed E-state index contributed by atoms with van der Waals surface area (Å²) in [4.78, 5) is 23.3. The van der Waals surface area contributed by atoms with Crippen LogP contribution in [0.15, 0.2) is 12.7 Å². The van der Waals surface area contributed by atoms with Crippen molar-refractivity contribution in [2.45, 2.75) is 33.6 Å². The molecule has 17 heavy (non-hydrogen) atoms. The number of hydrogen-bond donors (Lipinski definition) is 0. The summed E-state index contributed by atoms with van der Waals surface area (Å²) in [6, 6.07) is 0. The summed E-state index contributed by atoms with van der Waals surface area (Å²) in [5, 5.41) is 0. The summed E-state index contributed by atoms with van der Waals surface area (Å²) >= 11 is 0. The molecule has 0 saturated heterocycles. The van der Waals surface area contributed by atoms with Gasteiger partial charge in [0.15, 0.2) is 5.92 Å². The summed E-state index contributed by atoms with van der Waals surface area (Å²) in [5.74, 6) is -1.57. The zero-order chi connectivity index (χ0) is 13.3. The number of carbonyl (C=O) groups is 2. The van der Waals surface area contributed by atoms with Crippen molar-refractivity contribution >= 4 is 11.9 Å². The Balaban J connectivity index is 4.33. The Morgan fingerprint density at radius 1 is 1.24 bits per heavy atom. The van der Waals surface area contributed by atoms with E-state index in [9.17, 15) is 9.59 Å². The van der Waals surface area contributed by atoms with Crippen LogP contribution in [0.2, 0.25) is 0 Å². The average Bonchev–Trinajstić information content (AvgIpc) is 2.29. The number of carbonyl (C=O) groups excluding carboxylic acids is 2. The lowest BCUT2D eigenvalue weighted by Gasteiger charge is -2.15. The molecule has 0 amide bonds. The highest BCUT2D eigenvalue weighted by molar-refractivity contribution is 5.94. The van der Waals surface area contributed by atoms with Gasteiger partial charge in [-0.25, -0.2) is 0 Å². The van der Waals surface area contributed by atoms with Gasteiger partial charge in [-0.1, -0.05) is 39.8 Å².